The van der Waals surface area contributed by atoms with Crippen LogP contribution in [0.4, 0.5) is 14.6 Å². The molecule has 3 heterocycles. The Balaban J connectivity index is 1.55. The van der Waals surface area contributed by atoms with Gasteiger partial charge in [-0.3, -0.25) is 0 Å². The molecule has 1 aliphatic carbocycles. The molecule has 1 aromatic carbocycles. The fourth-order valence-electron chi connectivity index (χ4n) is 3.71. The first kappa shape index (κ1) is 20.6. The number of aromatic nitrogens is 7. The minimum atomic E-state index is -2.57. The van der Waals surface area contributed by atoms with E-state index in [1.807, 2.05) is 6.92 Å². The fourth-order valence-corrected chi connectivity index (χ4v) is 3.81. The molecule has 1 atom stereocenters. The van der Waals surface area contributed by atoms with Gasteiger partial charge in [0.1, 0.15) is 18.0 Å². The summed E-state index contributed by atoms with van der Waals surface area (Å²) in [7, 11) is 0. The quantitative estimate of drug-likeness (QED) is 0.438. The van der Waals surface area contributed by atoms with Crippen LogP contribution in [0.3, 0.4) is 0 Å². The van der Waals surface area contributed by atoms with Crippen molar-refractivity contribution < 1.29 is 8.78 Å². The molecule has 164 valence electrons. The second-order valence-electron chi connectivity index (χ2n) is 7.80. The number of halogens is 3. The third-order valence-corrected chi connectivity index (χ3v) is 5.53. The molecule has 1 aliphatic rings. The lowest BCUT2D eigenvalue weighted by Crippen LogP contribution is -2.16. The Kier molecular flexibility index (Phi) is 5.16. The molecular weight excluding hydrogens is 438 g/mol. The maximum Gasteiger partial charge on any atom is 0.263 e. The van der Waals surface area contributed by atoms with Crippen LogP contribution >= 0.6 is 11.6 Å². The number of nitrogens with zero attached hydrogens (tertiary/aromatic N) is 7. The molecule has 0 unspecified atom stereocenters. The molecule has 0 saturated heterocycles. The second-order valence-corrected chi connectivity index (χ2v) is 8.24. The van der Waals surface area contributed by atoms with E-state index in [0.29, 0.717) is 39.3 Å². The van der Waals surface area contributed by atoms with E-state index in [1.54, 1.807) is 13.0 Å². The molecule has 0 amide bonds. The number of alkyl halides is 2. The van der Waals surface area contributed by atoms with Gasteiger partial charge in [-0.15, -0.1) is 5.10 Å². The third kappa shape index (κ3) is 3.86. The summed E-state index contributed by atoms with van der Waals surface area (Å²) < 4.78 is 28.7. The average Bonchev–Trinajstić information content (AvgIpc) is 3.55. The summed E-state index contributed by atoms with van der Waals surface area (Å²) in [4.78, 5) is 21.7. The van der Waals surface area contributed by atoms with Crippen LogP contribution in [0.5, 0.6) is 0 Å². The highest BCUT2D eigenvalue weighted by atomic mass is 35.5. The highest BCUT2D eigenvalue weighted by Gasteiger charge is 2.28. The van der Waals surface area contributed by atoms with Crippen LogP contribution in [0.1, 0.15) is 60.9 Å². The van der Waals surface area contributed by atoms with E-state index < -0.39 is 6.43 Å². The zero-order valence-electron chi connectivity index (χ0n) is 17.3. The maximum atomic E-state index is 13.6. The minimum Gasteiger partial charge on any atom is -0.360 e. The molecule has 1 saturated carbocycles. The predicted molar refractivity (Wildman–Crippen MR) is 115 cm³/mol. The third-order valence-electron chi connectivity index (χ3n) is 5.33. The van der Waals surface area contributed by atoms with Gasteiger partial charge < -0.3 is 5.32 Å². The molecule has 32 heavy (non-hydrogen) atoms. The molecule has 4 aromatic rings. The zero-order valence-corrected chi connectivity index (χ0v) is 18.1. The molecule has 0 radical (unpaired) electrons. The Morgan fingerprint density at radius 2 is 1.88 bits per heavy atom. The van der Waals surface area contributed by atoms with E-state index in [4.69, 9.17) is 11.6 Å². The maximum absolute atomic E-state index is 13.6. The van der Waals surface area contributed by atoms with Gasteiger partial charge in [0.2, 0.25) is 0 Å². The zero-order chi connectivity index (χ0) is 22.4. The molecule has 3 aromatic heterocycles. The minimum absolute atomic E-state index is 0.0292. The number of rotatable bonds is 6. The Morgan fingerprint density at radius 1 is 1.12 bits per heavy atom. The first-order chi connectivity index (χ1) is 15.4. The Morgan fingerprint density at radius 3 is 2.56 bits per heavy atom. The largest absolute Gasteiger partial charge is 0.360 e. The summed E-state index contributed by atoms with van der Waals surface area (Å²) >= 11 is 5.89. The van der Waals surface area contributed by atoms with Gasteiger partial charge in [-0.05, 0) is 50.3 Å². The molecule has 0 spiro atoms. The highest BCUT2D eigenvalue weighted by Crippen LogP contribution is 2.44. The smallest absolute Gasteiger partial charge is 0.263 e. The van der Waals surface area contributed by atoms with E-state index in [0.717, 1.165) is 18.4 Å². The van der Waals surface area contributed by atoms with Crippen molar-refractivity contribution in [3.8, 4) is 5.95 Å². The number of nitrogens with one attached hydrogen (secondary N) is 1. The molecule has 11 heteroatoms. The van der Waals surface area contributed by atoms with E-state index in [1.165, 1.54) is 29.5 Å². The molecule has 5 rings (SSSR count). The van der Waals surface area contributed by atoms with Crippen LogP contribution in [0, 0.1) is 6.92 Å². The Bertz CT molecular complexity index is 1290. The topological polar surface area (TPSA) is 94.3 Å². The summed E-state index contributed by atoms with van der Waals surface area (Å²) in [6.07, 6.45) is 3.79. The highest BCUT2D eigenvalue weighted by molar-refractivity contribution is 6.30. The van der Waals surface area contributed by atoms with Crippen LogP contribution in [-0.2, 0) is 0 Å². The van der Waals surface area contributed by atoms with Gasteiger partial charge in [-0.2, -0.15) is 4.68 Å². The van der Waals surface area contributed by atoms with E-state index in [-0.39, 0.29) is 17.5 Å². The lowest BCUT2D eigenvalue weighted by atomic mass is 10.0. The molecule has 1 fully saturated rings. The van der Waals surface area contributed by atoms with Gasteiger partial charge >= 0.3 is 0 Å². The van der Waals surface area contributed by atoms with Gasteiger partial charge in [0.25, 0.3) is 12.4 Å². The Hall–Kier alpha value is -3.27. The molecular formula is C21H19ClF2N8. The summed E-state index contributed by atoms with van der Waals surface area (Å²) in [5.41, 5.74) is 1.52. The first-order valence-electron chi connectivity index (χ1n) is 10.2. The van der Waals surface area contributed by atoms with Crippen molar-refractivity contribution in [3.63, 3.8) is 0 Å². The summed E-state index contributed by atoms with van der Waals surface area (Å²) in [5, 5.41) is 8.64. The lowest BCUT2D eigenvalue weighted by molar-refractivity contribution is 0.151. The molecule has 1 N–H and O–H groups in total. The summed E-state index contributed by atoms with van der Waals surface area (Å²) in [5.74, 6) is 2.13. The van der Waals surface area contributed by atoms with Crippen molar-refractivity contribution >= 4 is 28.3 Å². The SMILES string of the molecule is Cc1nc([C@H](C)Nc2ncnc3c(C4CC4)cc(C(F)F)cc23)n(-c2ncc(Cl)cn2)n1. The molecule has 0 aliphatic heterocycles. The summed E-state index contributed by atoms with van der Waals surface area (Å²) in [6.45, 7) is 3.64. The Labute approximate surface area is 187 Å². The number of hydrogen-bond donors (Lipinski definition) is 1. The summed E-state index contributed by atoms with van der Waals surface area (Å²) in [6, 6.07) is 2.65. The first-order valence-corrected chi connectivity index (χ1v) is 10.5. The van der Waals surface area contributed by atoms with Gasteiger partial charge in [-0.25, -0.2) is 33.7 Å². The van der Waals surface area contributed by atoms with Crippen molar-refractivity contribution in [2.24, 2.45) is 0 Å². The standard InChI is InChI=1S/C21H19ClF2N8/c1-10(20-30-11(2)31-32(20)21-25-7-14(22)8-26-21)29-19-16-6-13(18(23)24)5-15(12-3-4-12)17(16)27-9-28-19/h5-10,12,18H,3-4H2,1-2H3,(H,27,28,29)/t10-/m0/s1. The normalized spacial score (nSPS) is 14.8. The van der Waals surface area contributed by atoms with E-state index in [9.17, 15) is 8.78 Å². The van der Waals surface area contributed by atoms with E-state index in [2.05, 4.69) is 35.3 Å². The monoisotopic (exact) mass is 456 g/mol. The van der Waals surface area contributed by atoms with Gasteiger partial charge in [-0.1, -0.05) is 11.6 Å². The lowest BCUT2D eigenvalue weighted by Gasteiger charge is -2.17. The number of aryl methyl sites for hydroxylation is 1. The van der Waals surface area contributed by atoms with Crippen molar-refractivity contribution in [2.75, 3.05) is 5.32 Å². The number of hydrogen-bond acceptors (Lipinski definition) is 7. The second kappa shape index (κ2) is 8.01. The van der Waals surface area contributed by atoms with Crippen molar-refractivity contribution in [2.45, 2.75) is 45.1 Å². The van der Waals surface area contributed by atoms with Crippen LogP contribution < -0.4 is 5.32 Å². The van der Waals surface area contributed by atoms with Crippen molar-refractivity contribution in [1.29, 1.82) is 0 Å². The van der Waals surface area contributed by atoms with Gasteiger partial charge in [0, 0.05) is 10.9 Å². The molecule has 0 bridgehead atoms. The number of benzene rings is 1. The van der Waals surface area contributed by atoms with Crippen LogP contribution in [0.2, 0.25) is 5.02 Å². The van der Waals surface area contributed by atoms with Crippen LogP contribution in [0.25, 0.3) is 16.9 Å². The van der Waals surface area contributed by atoms with Gasteiger partial charge in [0.15, 0.2) is 5.82 Å². The average molecular weight is 457 g/mol. The van der Waals surface area contributed by atoms with Crippen molar-refractivity contribution in [1.82, 2.24) is 34.7 Å². The van der Waals surface area contributed by atoms with E-state index >= 15 is 0 Å². The van der Waals surface area contributed by atoms with Gasteiger partial charge in [0.05, 0.1) is 29.0 Å². The van der Waals surface area contributed by atoms with Crippen molar-refractivity contribution in [3.05, 3.63) is 58.7 Å². The fraction of sp³-hybridized carbons (Fsp3) is 0.333. The number of fused-ring (bicyclic) bond motifs is 1. The van der Waals surface area contributed by atoms with Crippen LogP contribution in [0.15, 0.2) is 30.9 Å². The van der Waals surface area contributed by atoms with Crippen LogP contribution in [-0.4, -0.2) is 34.7 Å². The number of anilines is 1. The molecule has 8 nitrogen and oxygen atoms in total. The predicted octanol–water partition coefficient (Wildman–Crippen LogP) is 4.95.